The van der Waals surface area contributed by atoms with Crippen LogP contribution >= 0.6 is 0 Å². The molecule has 8 nitrogen and oxygen atoms in total. The number of amides is 1. The van der Waals surface area contributed by atoms with Crippen molar-refractivity contribution in [2.45, 2.75) is 31.2 Å². The SMILES string of the molecule is O=C1CN(Cc2ncco2)CC2OC3(CCN(c4ccncc4)CC3)CN12. The van der Waals surface area contributed by atoms with Crippen molar-refractivity contribution in [3.63, 3.8) is 0 Å². The molecule has 0 aliphatic carbocycles. The molecule has 5 rings (SSSR count). The van der Waals surface area contributed by atoms with Gasteiger partial charge in [0, 0.05) is 37.7 Å². The number of oxazole rings is 1. The van der Waals surface area contributed by atoms with E-state index in [4.69, 9.17) is 9.15 Å². The molecule has 3 aliphatic rings. The van der Waals surface area contributed by atoms with Crippen LogP contribution in [0, 0.1) is 0 Å². The lowest BCUT2D eigenvalue weighted by molar-refractivity contribution is -0.149. The van der Waals surface area contributed by atoms with Gasteiger partial charge in [-0.1, -0.05) is 0 Å². The molecule has 1 unspecified atom stereocenters. The minimum absolute atomic E-state index is 0.131. The van der Waals surface area contributed by atoms with Crippen LogP contribution in [0.4, 0.5) is 5.69 Å². The molecular weight excluding hydrogens is 346 g/mol. The van der Waals surface area contributed by atoms with Gasteiger partial charge in [0.25, 0.3) is 0 Å². The molecule has 142 valence electrons. The molecule has 0 aromatic carbocycles. The highest BCUT2D eigenvalue weighted by molar-refractivity contribution is 5.79. The largest absolute Gasteiger partial charge is 0.448 e. The number of nitrogens with zero attached hydrogens (tertiary/aromatic N) is 5. The van der Waals surface area contributed by atoms with Gasteiger partial charge >= 0.3 is 0 Å². The molecule has 3 aliphatic heterocycles. The Hall–Kier alpha value is -2.45. The van der Waals surface area contributed by atoms with Gasteiger partial charge in [-0.25, -0.2) is 4.98 Å². The molecule has 8 heteroatoms. The molecule has 3 saturated heterocycles. The van der Waals surface area contributed by atoms with E-state index < -0.39 is 0 Å². The van der Waals surface area contributed by atoms with E-state index in [1.165, 1.54) is 5.69 Å². The van der Waals surface area contributed by atoms with E-state index in [-0.39, 0.29) is 17.7 Å². The number of ether oxygens (including phenoxy) is 1. The number of piperidine rings is 1. The standard InChI is InChI=1S/C19H23N5O3/c25-17-12-22(11-16-21-7-10-26-16)13-18-24(17)14-19(27-18)3-8-23(9-4-19)15-1-5-20-6-2-15/h1-2,5-7,10,18H,3-4,8-9,11-14H2. The highest BCUT2D eigenvalue weighted by Crippen LogP contribution is 2.38. The van der Waals surface area contributed by atoms with E-state index in [0.717, 1.165) is 25.9 Å². The van der Waals surface area contributed by atoms with Crippen molar-refractivity contribution in [1.29, 1.82) is 0 Å². The summed E-state index contributed by atoms with van der Waals surface area (Å²) in [5, 5.41) is 0. The van der Waals surface area contributed by atoms with Gasteiger partial charge in [-0.15, -0.1) is 0 Å². The zero-order valence-electron chi connectivity index (χ0n) is 15.2. The summed E-state index contributed by atoms with van der Waals surface area (Å²) in [6.07, 6.45) is 8.52. The number of hydrogen-bond donors (Lipinski definition) is 0. The Kier molecular flexibility index (Phi) is 4.09. The van der Waals surface area contributed by atoms with Crippen LogP contribution in [-0.4, -0.2) is 70.2 Å². The molecule has 0 saturated carbocycles. The predicted octanol–water partition coefficient (Wildman–Crippen LogP) is 1.11. The fraction of sp³-hybridized carbons (Fsp3) is 0.526. The monoisotopic (exact) mass is 369 g/mol. The molecule has 27 heavy (non-hydrogen) atoms. The van der Waals surface area contributed by atoms with Gasteiger partial charge < -0.3 is 19.0 Å². The Bertz CT molecular complexity index is 789. The lowest BCUT2D eigenvalue weighted by Crippen LogP contribution is -2.53. The second kappa shape index (κ2) is 6.61. The number of rotatable bonds is 3. The highest BCUT2D eigenvalue weighted by Gasteiger charge is 2.50. The first-order valence-electron chi connectivity index (χ1n) is 9.44. The number of carbonyl (C=O) groups excluding carboxylic acids is 1. The summed E-state index contributed by atoms with van der Waals surface area (Å²) in [6, 6.07) is 4.09. The van der Waals surface area contributed by atoms with Gasteiger partial charge in [-0.2, -0.15) is 0 Å². The summed E-state index contributed by atoms with van der Waals surface area (Å²) in [5.74, 6) is 0.765. The lowest BCUT2D eigenvalue weighted by Gasteiger charge is -2.39. The molecule has 2 aromatic heterocycles. The van der Waals surface area contributed by atoms with Crippen LogP contribution in [0.1, 0.15) is 18.7 Å². The Morgan fingerprint density at radius 2 is 2.00 bits per heavy atom. The quantitative estimate of drug-likeness (QED) is 0.802. The minimum Gasteiger partial charge on any atom is -0.448 e. The summed E-state index contributed by atoms with van der Waals surface area (Å²) in [7, 11) is 0. The van der Waals surface area contributed by atoms with E-state index in [0.29, 0.717) is 32.1 Å². The maximum absolute atomic E-state index is 12.7. The second-order valence-corrected chi connectivity index (χ2v) is 7.57. The Balaban J connectivity index is 1.24. The van der Waals surface area contributed by atoms with E-state index >= 15 is 0 Å². The molecular formula is C19H23N5O3. The Labute approximate surface area is 157 Å². The first-order chi connectivity index (χ1) is 13.2. The average molecular weight is 369 g/mol. The summed E-state index contributed by atoms with van der Waals surface area (Å²) < 4.78 is 11.8. The third kappa shape index (κ3) is 3.19. The van der Waals surface area contributed by atoms with Crippen molar-refractivity contribution < 1.29 is 13.9 Å². The molecule has 3 fully saturated rings. The third-order valence-corrected chi connectivity index (χ3v) is 5.83. The van der Waals surface area contributed by atoms with Crippen LogP contribution in [0.3, 0.4) is 0 Å². The van der Waals surface area contributed by atoms with Gasteiger partial charge in [0.05, 0.1) is 31.4 Å². The molecule has 0 N–H and O–H groups in total. The summed E-state index contributed by atoms with van der Waals surface area (Å²) in [4.78, 5) is 27.3. The Morgan fingerprint density at radius 3 is 2.74 bits per heavy atom. The Morgan fingerprint density at radius 1 is 1.19 bits per heavy atom. The maximum Gasteiger partial charge on any atom is 0.238 e. The number of carbonyl (C=O) groups is 1. The third-order valence-electron chi connectivity index (χ3n) is 5.83. The van der Waals surface area contributed by atoms with Crippen LogP contribution in [0.25, 0.3) is 0 Å². The number of piperazine rings is 1. The highest BCUT2D eigenvalue weighted by atomic mass is 16.5. The van der Waals surface area contributed by atoms with Crippen LogP contribution in [0.15, 0.2) is 41.4 Å². The van der Waals surface area contributed by atoms with Gasteiger partial charge in [-0.3, -0.25) is 14.7 Å². The summed E-state index contributed by atoms with van der Waals surface area (Å²) in [5.41, 5.74) is 0.978. The van der Waals surface area contributed by atoms with Crippen LogP contribution in [-0.2, 0) is 16.1 Å². The molecule has 0 bridgehead atoms. The zero-order chi connectivity index (χ0) is 18.3. The van der Waals surface area contributed by atoms with Crippen molar-refractivity contribution in [3.8, 4) is 0 Å². The number of pyridine rings is 1. The molecule has 1 atom stereocenters. The van der Waals surface area contributed by atoms with E-state index in [9.17, 15) is 4.79 Å². The molecule has 5 heterocycles. The first-order valence-corrected chi connectivity index (χ1v) is 9.44. The van der Waals surface area contributed by atoms with E-state index in [1.807, 2.05) is 29.4 Å². The van der Waals surface area contributed by atoms with Crippen LogP contribution in [0.2, 0.25) is 0 Å². The number of hydrogen-bond acceptors (Lipinski definition) is 7. The molecule has 1 amide bonds. The van der Waals surface area contributed by atoms with Crippen molar-refractivity contribution in [1.82, 2.24) is 19.8 Å². The van der Waals surface area contributed by atoms with Gasteiger partial charge in [0.2, 0.25) is 11.8 Å². The van der Waals surface area contributed by atoms with Crippen molar-refractivity contribution in [2.75, 3.05) is 37.6 Å². The van der Waals surface area contributed by atoms with Crippen LogP contribution < -0.4 is 4.90 Å². The van der Waals surface area contributed by atoms with Crippen molar-refractivity contribution in [3.05, 3.63) is 42.9 Å². The number of fused-ring (bicyclic) bond motifs is 1. The molecule has 2 aromatic rings. The van der Waals surface area contributed by atoms with E-state index in [1.54, 1.807) is 12.5 Å². The van der Waals surface area contributed by atoms with Gasteiger partial charge in [0.1, 0.15) is 12.5 Å². The van der Waals surface area contributed by atoms with E-state index in [2.05, 4.69) is 19.8 Å². The van der Waals surface area contributed by atoms with Gasteiger partial charge in [-0.05, 0) is 25.0 Å². The maximum atomic E-state index is 12.7. The van der Waals surface area contributed by atoms with Gasteiger partial charge in [0.15, 0.2) is 0 Å². The number of aromatic nitrogens is 2. The topological polar surface area (TPSA) is 74.9 Å². The second-order valence-electron chi connectivity index (χ2n) is 7.57. The fourth-order valence-corrected chi connectivity index (χ4v) is 4.40. The normalized spacial score (nSPS) is 25.2. The van der Waals surface area contributed by atoms with Crippen LogP contribution in [0.5, 0.6) is 0 Å². The average Bonchev–Trinajstić information content (AvgIpc) is 3.31. The minimum atomic E-state index is -0.219. The molecule has 1 spiro atoms. The first kappa shape index (κ1) is 16.7. The lowest BCUT2D eigenvalue weighted by atomic mass is 9.91. The smallest absolute Gasteiger partial charge is 0.238 e. The molecule has 0 radical (unpaired) electrons. The fourth-order valence-electron chi connectivity index (χ4n) is 4.40. The summed E-state index contributed by atoms with van der Waals surface area (Å²) in [6.45, 7) is 4.19. The number of anilines is 1. The predicted molar refractivity (Wildman–Crippen MR) is 96.8 cm³/mol. The van der Waals surface area contributed by atoms with Crippen molar-refractivity contribution in [2.24, 2.45) is 0 Å². The summed E-state index contributed by atoms with van der Waals surface area (Å²) >= 11 is 0. The zero-order valence-corrected chi connectivity index (χ0v) is 15.2. The van der Waals surface area contributed by atoms with Crippen molar-refractivity contribution >= 4 is 11.6 Å².